The van der Waals surface area contributed by atoms with Gasteiger partial charge < -0.3 is 4.57 Å². The molecule has 0 amide bonds. The number of benzene rings is 2. The number of thioether (sulfide) groups is 1. The average molecular weight is 484 g/mol. The highest BCUT2D eigenvalue weighted by Gasteiger charge is 2.38. The molecule has 0 aliphatic rings. The van der Waals surface area contributed by atoms with Crippen LogP contribution in [0.4, 0.5) is 26.3 Å². The topological polar surface area (TPSA) is 52.7 Å². The Morgan fingerprint density at radius 1 is 1.00 bits per heavy atom. The van der Waals surface area contributed by atoms with E-state index in [1.54, 1.807) is 23.9 Å². The number of fused-ring (bicyclic) bond motifs is 1. The number of hydrogen-bond acceptors (Lipinski definition) is 4. The van der Waals surface area contributed by atoms with Crippen LogP contribution in [0.5, 0.6) is 0 Å². The molecule has 0 saturated heterocycles. The lowest BCUT2D eigenvalue weighted by molar-refractivity contribution is -0.141. The van der Waals surface area contributed by atoms with Crippen molar-refractivity contribution < 1.29 is 26.3 Å². The Kier molecular flexibility index (Phi) is 5.72. The first-order valence-electron chi connectivity index (χ1n) is 9.36. The van der Waals surface area contributed by atoms with E-state index in [2.05, 4.69) is 9.97 Å². The summed E-state index contributed by atoms with van der Waals surface area (Å²) in [5.41, 5.74) is -4.34. The van der Waals surface area contributed by atoms with E-state index >= 15 is 0 Å². The molecule has 0 N–H and O–H groups in total. The molecule has 0 bridgehead atoms. The van der Waals surface area contributed by atoms with E-state index in [4.69, 9.17) is 0 Å². The molecule has 0 aliphatic heterocycles. The molecule has 4 aromatic rings. The maximum atomic E-state index is 13.8. The van der Waals surface area contributed by atoms with Gasteiger partial charge in [-0.25, -0.2) is 9.97 Å². The van der Waals surface area contributed by atoms with Crippen LogP contribution < -0.4 is 5.56 Å². The summed E-state index contributed by atoms with van der Waals surface area (Å²) in [7, 11) is 1.71. The van der Waals surface area contributed by atoms with Crippen molar-refractivity contribution in [3.63, 3.8) is 0 Å². The maximum absolute atomic E-state index is 13.8. The lowest BCUT2D eigenvalue weighted by Crippen LogP contribution is -2.25. The van der Waals surface area contributed by atoms with Gasteiger partial charge in [0.15, 0.2) is 5.16 Å². The second-order valence-corrected chi connectivity index (χ2v) is 7.97. The quantitative estimate of drug-likeness (QED) is 0.220. The SMILES string of the molecule is Cn1ccnc1CSc1nc2ccccc2c(=O)n1-c1cc(C(F)(F)F)ccc1C(F)(F)F. The van der Waals surface area contributed by atoms with Gasteiger partial charge in [-0.3, -0.25) is 9.36 Å². The van der Waals surface area contributed by atoms with Crippen molar-refractivity contribution in [3.8, 4) is 5.69 Å². The number of aromatic nitrogens is 4. The molecule has 12 heteroatoms. The van der Waals surface area contributed by atoms with Crippen molar-refractivity contribution in [1.29, 1.82) is 0 Å². The molecule has 2 heterocycles. The first kappa shape index (κ1) is 22.9. The van der Waals surface area contributed by atoms with Crippen LogP contribution in [0.25, 0.3) is 16.6 Å². The normalized spacial score (nSPS) is 12.5. The summed E-state index contributed by atoms with van der Waals surface area (Å²) >= 11 is 0.895. The van der Waals surface area contributed by atoms with E-state index in [-0.39, 0.29) is 21.8 Å². The summed E-state index contributed by atoms with van der Waals surface area (Å²) in [5.74, 6) is 0.656. The molecule has 5 nitrogen and oxygen atoms in total. The summed E-state index contributed by atoms with van der Waals surface area (Å²) in [6, 6.07) is 6.94. The molecule has 0 atom stereocenters. The van der Waals surface area contributed by atoms with Crippen molar-refractivity contribution in [2.45, 2.75) is 23.3 Å². The minimum absolute atomic E-state index is 0.0237. The highest BCUT2D eigenvalue weighted by atomic mass is 32.2. The van der Waals surface area contributed by atoms with Gasteiger partial charge >= 0.3 is 12.4 Å². The van der Waals surface area contributed by atoms with Gasteiger partial charge in [-0.1, -0.05) is 23.9 Å². The minimum atomic E-state index is -5.01. The molecule has 0 aliphatic carbocycles. The number of rotatable bonds is 4. The number of para-hydroxylation sites is 1. The third-order valence-electron chi connectivity index (χ3n) is 4.87. The molecule has 172 valence electrons. The molecule has 33 heavy (non-hydrogen) atoms. The van der Waals surface area contributed by atoms with Gasteiger partial charge in [0, 0.05) is 19.4 Å². The van der Waals surface area contributed by atoms with Crippen LogP contribution in [0.1, 0.15) is 17.0 Å². The van der Waals surface area contributed by atoms with Gasteiger partial charge in [0.05, 0.1) is 33.5 Å². The lowest BCUT2D eigenvalue weighted by atomic mass is 10.1. The zero-order valence-electron chi connectivity index (χ0n) is 16.8. The third kappa shape index (κ3) is 4.47. The molecule has 0 radical (unpaired) electrons. The Morgan fingerprint density at radius 3 is 2.36 bits per heavy atom. The van der Waals surface area contributed by atoms with Crippen LogP contribution in [0, 0.1) is 0 Å². The smallest absolute Gasteiger partial charge is 0.337 e. The number of halogens is 6. The number of aryl methyl sites for hydroxylation is 1. The predicted octanol–water partition coefficient (Wildman–Crippen LogP) is 5.45. The Bertz CT molecular complexity index is 1390. The standard InChI is InChI=1S/C21H14F6N4OS/c1-30-9-8-28-17(30)11-33-19-29-15-5-3-2-4-13(15)18(32)31(19)16-10-12(20(22,23)24)6-7-14(16)21(25,26)27/h2-10H,11H2,1H3. The van der Waals surface area contributed by atoms with Gasteiger partial charge in [0.25, 0.3) is 5.56 Å². The maximum Gasteiger partial charge on any atom is 0.418 e. The van der Waals surface area contributed by atoms with E-state index < -0.39 is 34.7 Å². The van der Waals surface area contributed by atoms with E-state index in [0.29, 0.717) is 28.6 Å². The first-order chi connectivity index (χ1) is 15.5. The van der Waals surface area contributed by atoms with E-state index in [1.165, 1.54) is 24.4 Å². The summed E-state index contributed by atoms with van der Waals surface area (Å²) in [6.45, 7) is 0. The molecule has 0 saturated carbocycles. The van der Waals surface area contributed by atoms with Crippen molar-refractivity contribution in [2.24, 2.45) is 7.05 Å². The van der Waals surface area contributed by atoms with E-state index in [0.717, 1.165) is 11.8 Å². The number of imidazole rings is 1. The highest BCUT2D eigenvalue weighted by molar-refractivity contribution is 7.98. The fourth-order valence-corrected chi connectivity index (χ4v) is 4.23. The number of alkyl halides is 6. The van der Waals surface area contributed by atoms with Gasteiger partial charge in [-0.15, -0.1) is 0 Å². The molecular weight excluding hydrogens is 470 g/mol. The average Bonchev–Trinajstić information content (AvgIpc) is 3.15. The van der Waals surface area contributed by atoms with Crippen molar-refractivity contribution in [2.75, 3.05) is 0 Å². The van der Waals surface area contributed by atoms with E-state index in [9.17, 15) is 31.1 Å². The molecule has 0 spiro atoms. The summed E-state index contributed by atoms with van der Waals surface area (Å²) in [4.78, 5) is 21.7. The zero-order valence-corrected chi connectivity index (χ0v) is 17.6. The largest absolute Gasteiger partial charge is 0.418 e. The highest BCUT2D eigenvalue weighted by Crippen LogP contribution is 2.39. The van der Waals surface area contributed by atoms with Crippen LogP contribution in [0.3, 0.4) is 0 Å². The third-order valence-corrected chi connectivity index (χ3v) is 5.80. The zero-order chi connectivity index (χ0) is 24.0. The van der Waals surface area contributed by atoms with Crippen molar-refractivity contribution in [1.82, 2.24) is 19.1 Å². The molecule has 4 rings (SSSR count). The van der Waals surface area contributed by atoms with Crippen molar-refractivity contribution >= 4 is 22.7 Å². The summed E-state index contributed by atoms with van der Waals surface area (Å²) in [6.07, 6.45) is -6.74. The summed E-state index contributed by atoms with van der Waals surface area (Å²) in [5, 5.41) is -0.212. The van der Waals surface area contributed by atoms with Crippen molar-refractivity contribution in [3.05, 3.63) is 82.2 Å². The Balaban J connectivity index is 2.00. The monoisotopic (exact) mass is 484 g/mol. The lowest BCUT2D eigenvalue weighted by Gasteiger charge is -2.19. The summed E-state index contributed by atoms with van der Waals surface area (Å²) < 4.78 is 83.6. The number of nitrogens with zero attached hydrogens (tertiary/aromatic N) is 4. The molecule has 2 aromatic heterocycles. The van der Waals surface area contributed by atoms with Gasteiger partial charge in [0.1, 0.15) is 5.82 Å². The minimum Gasteiger partial charge on any atom is -0.337 e. The molecular formula is C21H14F6N4OS. The van der Waals surface area contributed by atoms with Gasteiger partial charge in [-0.05, 0) is 30.3 Å². The van der Waals surface area contributed by atoms with Crippen LogP contribution in [0.2, 0.25) is 0 Å². The Hall–Kier alpha value is -3.28. The molecule has 0 unspecified atom stereocenters. The van der Waals surface area contributed by atoms with Gasteiger partial charge in [-0.2, -0.15) is 26.3 Å². The van der Waals surface area contributed by atoms with Crippen LogP contribution in [-0.4, -0.2) is 19.1 Å². The number of hydrogen-bond donors (Lipinski definition) is 0. The fourth-order valence-electron chi connectivity index (χ4n) is 3.22. The predicted molar refractivity (Wildman–Crippen MR) is 110 cm³/mol. The van der Waals surface area contributed by atoms with E-state index in [1.807, 2.05) is 0 Å². The van der Waals surface area contributed by atoms with Crippen LogP contribution in [-0.2, 0) is 25.2 Å². The second-order valence-electron chi connectivity index (χ2n) is 7.02. The Morgan fingerprint density at radius 2 is 1.73 bits per heavy atom. The molecule has 2 aromatic carbocycles. The van der Waals surface area contributed by atoms with Gasteiger partial charge in [0.2, 0.25) is 0 Å². The van der Waals surface area contributed by atoms with Crippen LogP contribution >= 0.6 is 11.8 Å². The molecule has 0 fully saturated rings. The fraction of sp³-hybridized carbons (Fsp3) is 0.190. The Labute approximate surface area is 186 Å². The second kappa shape index (κ2) is 8.25. The van der Waals surface area contributed by atoms with Crippen LogP contribution in [0.15, 0.2) is 64.8 Å². The first-order valence-corrected chi connectivity index (χ1v) is 10.3.